The molecule has 7 N–H and O–H groups in total. The lowest BCUT2D eigenvalue weighted by Crippen LogP contribution is -2.29. The Balaban J connectivity index is 0.000000186. The average Bonchev–Trinajstić information content (AvgIpc) is 0.847. The molecule has 7 aromatic heterocycles. The van der Waals surface area contributed by atoms with E-state index in [1.54, 1.807) is 116 Å². The van der Waals surface area contributed by atoms with Crippen molar-refractivity contribution >= 4 is 204 Å². The van der Waals surface area contributed by atoms with Crippen molar-refractivity contribution in [2.24, 2.45) is 0 Å². The van der Waals surface area contributed by atoms with Gasteiger partial charge >= 0.3 is 29.1 Å². The van der Waals surface area contributed by atoms with Gasteiger partial charge in [-0.25, -0.2) is 24.2 Å². The lowest BCUT2D eigenvalue weighted by molar-refractivity contribution is -0.884. The highest BCUT2D eigenvalue weighted by Crippen LogP contribution is 2.61. The number of aromatic nitrogens is 7. The van der Waals surface area contributed by atoms with E-state index in [2.05, 4.69) is 63.6 Å². The fourth-order valence-corrected chi connectivity index (χ4v) is 9.68. The maximum absolute atomic E-state index is 11.3. The Kier molecular flexibility index (Phi) is 29.5. The molecular weight excluding hydrogens is 1490 g/mol. The summed E-state index contributed by atoms with van der Waals surface area (Å²) >= 11 is 31.5. The standard InChI is InChI=1S/2C11H8ClNO.C11H10NO2.C10H6ClNO2.2C10H7NO3.C10H7NO2.Cl3OP.ClH/c1-7(14)8-2-3-9-10(12)4-5-13-11(9)6-8;1-7(14)9-3-2-8-4-5-11(12)13-10(8)6-9;1-8(13)10-5-4-9-3-2-6-12(14)11(9)7-10;11-8-3-4-12-9-5-6(10(13)14)1-2-7(8)9;12-9-3-4-11-8-5-6(10(13)14)1-2-7(8)9;12-9-4-3-6-1-2-7(10(13)14)5-8(6)11-9;12-10(13)8-4-3-7-2-1-5-11-9(7)6-8;1-5(2,3)4;/h2*2-6H,1H3;2-7,14H,1H3;1-5H,(H,13,14);2*1-5H,(H,11,12)(H,13,14);1-6H,(H,12,13);;1H/q;;+1;;;;;;. The first kappa shape index (κ1) is 80.9. The van der Waals surface area contributed by atoms with Crippen molar-refractivity contribution in [2.45, 2.75) is 20.8 Å². The number of aromatic amines is 2. The molecule has 0 radical (unpaired) electrons. The highest BCUT2D eigenvalue weighted by Gasteiger charge is 2.12. The molecule has 30 heteroatoms. The number of pyridine rings is 7. The molecule has 0 aliphatic carbocycles. The Labute approximate surface area is 618 Å². The molecule has 7 heterocycles. The molecule has 0 aliphatic heterocycles. The van der Waals surface area contributed by atoms with Gasteiger partial charge in [-0.3, -0.25) is 48.7 Å². The molecule has 0 saturated carbocycles. The molecule has 0 spiro atoms. The van der Waals surface area contributed by atoms with Gasteiger partial charge in [0, 0.05) is 103 Å². The number of carbonyl (C=O) groups is 7. The summed E-state index contributed by atoms with van der Waals surface area (Å²) in [5, 5.41) is 48.6. The SMILES string of the molecule is CC(=O)c1ccc2c(Cl)ccnc2c1.CC(=O)c1ccc2ccc(Cl)nc2c1.CC(=O)c1ccc2ccc[n+](O)c2c1.Cl.O=C(O)c1ccc2c(=O)cc[nH]c2c1.O=C(O)c1ccc2c(Cl)ccnc2c1.O=C(O)c1ccc2ccc(=O)[nH]c2c1.O=C(O)c1ccc2cccnc2c1.O=P(Cl)(Cl)Cl. The average molecular weight is 1550 g/mol. The van der Waals surface area contributed by atoms with Crippen LogP contribution in [-0.2, 0) is 4.57 Å². The van der Waals surface area contributed by atoms with Gasteiger partial charge in [0.25, 0.3) is 5.52 Å². The van der Waals surface area contributed by atoms with Crippen LogP contribution in [0.4, 0.5) is 0 Å². The number of Topliss-reactive ketones (excluding diaryl/α,β-unsaturated/α-hetero) is 3. The molecule has 524 valence electrons. The van der Waals surface area contributed by atoms with E-state index in [4.69, 9.17) is 55.2 Å². The van der Waals surface area contributed by atoms with Crippen LogP contribution in [0.2, 0.25) is 15.2 Å². The number of nitrogens with one attached hydrogen (secondary N) is 2. The Hall–Kier alpha value is -11.0. The topological polar surface area (TPSA) is 359 Å². The molecule has 14 aromatic rings. The van der Waals surface area contributed by atoms with Crippen molar-refractivity contribution in [1.29, 1.82) is 0 Å². The number of carboxylic acid groups (broad SMARTS) is 4. The van der Waals surface area contributed by atoms with E-state index in [0.717, 1.165) is 48.1 Å². The largest absolute Gasteiger partial charge is 0.478 e. The van der Waals surface area contributed by atoms with E-state index in [0.29, 0.717) is 64.9 Å². The third kappa shape index (κ3) is 24.1. The zero-order valence-electron chi connectivity index (χ0n) is 53.5. The summed E-state index contributed by atoms with van der Waals surface area (Å²) in [5.74, 6) is -3.83. The van der Waals surface area contributed by atoms with Crippen LogP contribution in [0.15, 0.2) is 235 Å². The third-order valence-corrected chi connectivity index (χ3v) is 15.0. The number of carbonyl (C=O) groups excluding carboxylic acids is 3. The van der Waals surface area contributed by atoms with Crippen molar-refractivity contribution in [3.8, 4) is 0 Å². The summed E-state index contributed by atoms with van der Waals surface area (Å²) in [7, 11) is 0. The van der Waals surface area contributed by atoms with E-state index < -0.39 is 29.1 Å². The van der Waals surface area contributed by atoms with Crippen molar-refractivity contribution in [1.82, 2.24) is 29.9 Å². The molecular formula is C73H54Cl7N7O15P+. The molecule has 7 aromatic carbocycles. The second-order valence-corrected chi connectivity index (χ2v) is 29.0. The molecule has 0 amide bonds. The fourth-order valence-electron chi connectivity index (χ4n) is 9.09. The number of carboxylic acids is 4. The maximum atomic E-state index is 11.3. The van der Waals surface area contributed by atoms with Crippen molar-refractivity contribution in [2.75, 3.05) is 0 Å². The number of benzene rings is 7. The number of ketones is 3. The molecule has 0 fully saturated rings. The minimum absolute atomic E-state index is 0. The third-order valence-electron chi connectivity index (χ3n) is 14.1. The first-order valence-corrected chi connectivity index (χ1v) is 34.9. The van der Waals surface area contributed by atoms with Gasteiger partial charge in [0.05, 0.1) is 65.3 Å². The first-order chi connectivity index (χ1) is 48.3. The molecule has 0 atom stereocenters. The number of hydrogen-bond acceptors (Lipinski definition) is 15. The highest BCUT2D eigenvalue weighted by molar-refractivity contribution is 8.24. The molecule has 0 unspecified atom stereocenters. The minimum Gasteiger partial charge on any atom is -0.478 e. The van der Waals surface area contributed by atoms with Crippen LogP contribution in [0, 0.1) is 0 Å². The Morgan fingerprint density at radius 1 is 0.427 bits per heavy atom. The van der Waals surface area contributed by atoms with E-state index in [1.807, 2.05) is 42.5 Å². The van der Waals surface area contributed by atoms with Gasteiger partial charge in [-0.15, -0.1) is 12.4 Å². The van der Waals surface area contributed by atoms with Gasteiger partial charge in [0.15, 0.2) is 22.8 Å². The lowest BCUT2D eigenvalue weighted by atomic mass is 10.1. The van der Waals surface area contributed by atoms with Crippen molar-refractivity contribution in [3.63, 3.8) is 0 Å². The first-order valence-electron chi connectivity index (χ1n) is 29.4. The lowest BCUT2D eigenvalue weighted by Gasteiger charge is -2.00. The van der Waals surface area contributed by atoms with Crippen LogP contribution in [-0.4, -0.2) is 96.8 Å². The number of halogens is 7. The zero-order chi connectivity index (χ0) is 74.5. The van der Waals surface area contributed by atoms with Crippen molar-refractivity contribution < 1.29 is 68.5 Å². The molecule has 0 aliphatic rings. The Morgan fingerprint density at radius 2 is 0.825 bits per heavy atom. The smallest absolute Gasteiger partial charge is 0.339 e. The molecule has 103 heavy (non-hydrogen) atoms. The van der Waals surface area contributed by atoms with Crippen LogP contribution in [0.1, 0.15) is 93.3 Å². The monoisotopic (exact) mass is 1540 g/mol. The second-order valence-electron chi connectivity index (χ2n) is 21.1. The zero-order valence-corrected chi connectivity index (χ0v) is 59.8. The second kappa shape index (κ2) is 37.6. The van der Waals surface area contributed by atoms with Crippen LogP contribution >= 0.6 is 86.1 Å². The summed E-state index contributed by atoms with van der Waals surface area (Å²) in [5.41, 5.74) is 6.92. The number of H-pyrrole nitrogens is 2. The molecule has 22 nitrogen and oxygen atoms in total. The number of fused-ring (bicyclic) bond motifs is 7. The van der Waals surface area contributed by atoms with Gasteiger partial charge in [-0.1, -0.05) is 89.4 Å². The summed E-state index contributed by atoms with van der Waals surface area (Å²) in [4.78, 5) is 120. The number of aromatic carboxylic acids is 4. The van der Waals surface area contributed by atoms with Gasteiger partial charge in [0.2, 0.25) is 11.8 Å². The van der Waals surface area contributed by atoms with E-state index in [1.165, 1.54) is 87.8 Å². The normalized spacial score (nSPS) is 10.3. The Morgan fingerprint density at radius 3 is 1.37 bits per heavy atom. The molecule has 0 saturated heterocycles. The predicted octanol–water partition coefficient (Wildman–Crippen LogP) is 18.0. The van der Waals surface area contributed by atoms with Crippen LogP contribution in [0.3, 0.4) is 0 Å². The summed E-state index contributed by atoms with van der Waals surface area (Å²) < 4.78 is 10.5. The van der Waals surface area contributed by atoms with Crippen LogP contribution in [0.25, 0.3) is 76.3 Å². The predicted molar refractivity (Wildman–Crippen MR) is 403 cm³/mol. The van der Waals surface area contributed by atoms with Gasteiger partial charge in [-0.05, 0) is 175 Å². The molecule has 14 rings (SSSR count). The fraction of sp³-hybridized carbons (Fsp3) is 0.0411. The van der Waals surface area contributed by atoms with E-state index in [-0.39, 0.29) is 63.0 Å². The van der Waals surface area contributed by atoms with E-state index >= 15 is 0 Å². The van der Waals surface area contributed by atoms with E-state index in [9.17, 15) is 52.9 Å². The number of hydrogen-bond donors (Lipinski definition) is 7. The highest BCUT2D eigenvalue weighted by atomic mass is 36.0. The summed E-state index contributed by atoms with van der Waals surface area (Å²) in [6.07, 6.45) is 7.86. The van der Waals surface area contributed by atoms with Crippen LogP contribution in [0.5, 0.6) is 0 Å². The number of nitrogens with zero attached hydrogens (tertiary/aromatic N) is 5. The summed E-state index contributed by atoms with van der Waals surface area (Å²) in [6.45, 7) is 4.57. The molecule has 0 bridgehead atoms. The van der Waals surface area contributed by atoms with Crippen LogP contribution < -0.4 is 15.7 Å². The van der Waals surface area contributed by atoms with Gasteiger partial charge in [0.1, 0.15) is 5.15 Å². The quantitative estimate of drug-likeness (QED) is 0.0256. The number of rotatable bonds is 7. The maximum Gasteiger partial charge on any atom is 0.339 e. The minimum atomic E-state index is -3.22. The summed E-state index contributed by atoms with van der Waals surface area (Å²) in [6, 6.07) is 53.4. The van der Waals surface area contributed by atoms with Gasteiger partial charge < -0.3 is 30.4 Å². The van der Waals surface area contributed by atoms with Gasteiger partial charge in [-0.2, -0.15) is 0 Å². The Bertz CT molecular complexity index is 5570. The van der Waals surface area contributed by atoms with Crippen molar-refractivity contribution in [3.05, 3.63) is 300 Å².